The Balaban J connectivity index is 1.66. The number of benzene rings is 1. The summed E-state index contributed by atoms with van der Waals surface area (Å²) in [6, 6.07) is 8.28. The highest BCUT2D eigenvalue weighted by atomic mass is 32.2. The highest BCUT2D eigenvalue weighted by Gasteiger charge is 2.23. The molecule has 2 amide bonds. The number of rotatable bonds is 6. The Morgan fingerprint density at radius 2 is 2.00 bits per heavy atom. The molecule has 19 heavy (non-hydrogen) atoms. The van der Waals surface area contributed by atoms with Crippen molar-refractivity contribution < 1.29 is 9.59 Å². The molecular weight excluding hydrogens is 260 g/mol. The molecule has 0 aromatic heterocycles. The lowest BCUT2D eigenvalue weighted by molar-refractivity contribution is -0.124. The maximum absolute atomic E-state index is 11.6. The third-order valence-corrected chi connectivity index (χ3v) is 4.02. The molecule has 0 atom stereocenters. The van der Waals surface area contributed by atoms with E-state index < -0.39 is 0 Å². The van der Waals surface area contributed by atoms with E-state index in [9.17, 15) is 9.59 Å². The average molecular weight is 278 g/mol. The summed E-state index contributed by atoms with van der Waals surface area (Å²) in [6.45, 7) is 2.09. The third kappa shape index (κ3) is 4.95. The summed E-state index contributed by atoms with van der Waals surface area (Å²) in [6.07, 6.45) is 2.12. The summed E-state index contributed by atoms with van der Waals surface area (Å²) < 4.78 is 0. The fraction of sp³-hybridized carbons (Fsp3) is 0.429. The van der Waals surface area contributed by atoms with Gasteiger partial charge in [0.15, 0.2) is 0 Å². The highest BCUT2D eigenvalue weighted by Crippen LogP contribution is 2.21. The molecule has 2 rings (SSSR count). The number of aryl methyl sites for hydroxylation is 1. The Labute approximate surface area is 117 Å². The molecule has 1 aliphatic carbocycles. The Hall–Kier alpha value is -1.49. The van der Waals surface area contributed by atoms with Crippen molar-refractivity contribution in [2.45, 2.75) is 30.7 Å². The van der Waals surface area contributed by atoms with E-state index in [-0.39, 0.29) is 18.4 Å². The maximum Gasteiger partial charge on any atom is 0.239 e. The van der Waals surface area contributed by atoms with Crippen LogP contribution in [0.3, 0.4) is 0 Å². The van der Waals surface area contributed by atoms with E-state index in [0.717, 1.165) is 23.3 Å². The third-order valence-electron chi connectivity index (χ3n) is 2.84. The molecule has 4 nitrogen and oxygen atoms in total. The fourth-order valence-corrected chi connectivity index (χ4v) is 2.46. The van der Waals surface area contributed by atoms with Crippen LogP contribution in [0.2, 0.25) is 0 Å². The zero-order valence-corrected chi connectivity index (χ0v) is 11.8. The summed E-state index contributed by atoms with van der Waals surface area (Å²) in [5.74, 6) is 0.123. The van der Waals surface area contributed by atoms with Crippen LogP contribution in [0.5, 0.6) is 0 Å². The van der Waals surface area contributed by atoms with Crippen molar-refractivity contribution in [3.05, 3.63) is 29.8 Å². The van der Waals surface area contributed by atoms with E-state index in [4.69, 9.17) is 0 Å². The summed E-state index contributed by atoms with van der Waals surface area (Å²) in [5.41, 5.74) is 1.16. The molecule has 1 fully saturated rings. The number of carbonyl (C=O) groups excluding carboxylic acids is 2. The van der Waals surface area contributed by atoms with Crippen LogP contribution in [0.25, 0.3) is 0 Å². The summed E-state index contributed by atoms with van der Waals surface area (Å²) in [7, 11) is 0. The summed E-state index contributed by atoms with van der Waals surface area (Å²) >= 11 is 1.49. The number of carbonyl (C=O) groups is 2. The molecule has 102 valence electrons. The topological polar surface area (TPSA) is 58.2 Å². The van der Waals surface area contributed by atoms with Gasteiger partial charge in [0.25, 0.3) is 0 Å². The van der Waals surface area contributed by atoms with Gasteiger partial charge in [-0.1, -0.05) is 18.2 Å². The van der Waals surface area contributed by atoms with E-state index >= 15 is 0 Å². The minimum atomic E-state index is -0.112. The Morgan fingerprint density at radius 1 is 1.26 bits per heavy atom. The molecule has 5 heteroatoms. The fourth-order valence-electron chi connectivity index (χ4n) is 1.60. The van der Waals surface area contributed by atoms with Crippen LogP contribution >= 0.6 is 11.8 Å². The molecule has 0 aliphatic heterocycles. The molecule has 0 heterocycles. The van der Waals surface area contributed by atoms with Gasteiger partial charge in [-0.05, 0) is 31.4 Å². The average Bonchev–Trinajstić information content (AvgIpc) is 3.19. The first-order valence-electron chi connectivity index (χ1n) is 6.39. The first-order valence-corrected chi connectivity index (χ1v) is 7.38. The van der Waals surface area contributed by atoms with Gasteiger partial charge in [0.05, 0.1) is 12.3 Å². The smallest absolute Gasteiger partial charge is 0.239 e. The molecule has 1 aliphatic rings. The largest absolute Gasteiger partial charge is 0.352 e. The van der Waals surface area contributed by atoms with Crippen molar-refractivity contribution in [1.82, 2.24) is 10.6 Å². The highest BCUT2D eigenvalue weighted by molar-refractivity contribution is 8.00. The van der Waals surface area contributed by atoms with E-state index in [1.165, 1.54) is 11.8 Å². The second-order valence-corrected chi connectivity index (χ2v) is 5.69. The van der Waals surface area contributed by atoms with E-state index in [2.05, 4.69) is 10.6 Å². The van der Waals surface area contributed by atoms with Crippen LogP contribution in [0.4, 0.5) is 0 Å². The molecule has 0 radical (unpaired) electrons. The van der Waals surface area contributed by atoms with Crippen LogP contribution in [0.15, 0.2) is 29.2 Å². The van der Waals surface area contributed by atoms with Gasteiger partial charge in [0.1, 0.15) is 0 Å². The monoisotopic (exact) mass is 278 g/mol. The van der Waals surface area contributed by atoms with Gasteiger partial charge in [0.2, 0.25) is 11.8 Å². The van der Waals surface area contributed by atoms with Crippen LogP contribution in [-0.4, -0.2) is 30.2 Å². The number of thioether (sulfide) groups is 1. The predicted octanol–water partition coefficient (Wildman–Crippen LogP) is 1.48. The zero-order valence-electron chi connectivity index (χ0n) is 10.9. The summed E-state index contributed by atoms with van der Waals surface area (Å²) in [4.78, 5) is 24.1. The van der Waals surface area contributed by atoms with Gasteiger partial charge >= 0.3 is 0 Å². The number of hydrogen-bond acceptors (Lipinski definition) is 3. The van der Waals surface area contributed by atoms with Gasteiger partial charge in [-0.3, -0.25) is 9.59 Å². The zero-order chi connectivity index (χ0) is 13.7. The number of nitrogens with one attached hydrogen (secondary N) is 2. The lowest BCUT2D eigenvalue weighted by Gasteiger charge is -2.07. The standard InChI is InChI=1S/C14H18N2O2S/c1-10-4-2-3-5-12(10)19-9-14(18)15-8-13(17)16-11-6-7-11/h2-5,11H,6-9H2,1H3,(H,15,18)(H,16,17). The second-order valence-electron chi connectivity index (χ2n) is 4.67. The molecule has 0 spiro atoms. The molecule has 0 bridgehead atoms. The van der Waals surface area contributed by atoms with Crippen molar-refractivity contribution in [3.8, 4) is 0 Å². The van der Waals surface area contributed by atoms with E-state index in [1.54, 1.807) is 0 Å². The van der Waals surface area contributed by atoms with Crippen molar-refractivity contribution in [1.29, 1.82) is 0 Å². The molecule has 0 saturated heterocycles. The number of hydrogen-bond donors (Lipinski definition) is 2. The lowest BCUT2D eigenvalue weighted by atomic mass is 10.2. The first-order chi connectivity index (χ1) is 9.15. The van der Waals surface area contributed by atoms with Crippen molar-refractivity contribution in [3.63, 3.8) is 0 Å². The molecule has 1 saturated carbocycles. The first kappa shape index (κ1) is 13.9. The molecule has 1 aromatic rings. The minimum absolute atomic E-state index is 0.0731. The molecule has 2 N–H and O–H groups in total. The van der Waals surface area contributed by atoms with Crippen LogP contribution in [0.1, 0.15) is 18.4 Å². The van der Waals surface area contributed by atoms with Crippen molar-refractivity contribution >= 4 is 23.6 Å². The van der Waals surface area contributed by atoms with Gasteiger partial charge in [0, 0.05) is 10.9 Å². The van der Waals surface area contributed by atoms with Crippen LogP contribution in [-0.2, 0) is 9.59 Å². The normalized spacial score (nSPS) is 13.9. The predicted molar refractivity (Wildman–Crippen MR) is 76.1 cm³/mol. The Bertz CT molecular complexity index is 472. The summed E-state index contributed by atoms with van der Waals surface area (Å²) in [5, 5.41) is 5.47. The lowest BCUT2D eigenvalue weighted by Crippen LogP contribution is -2.38. The maximum atomic E-state index is 11.6. The van der Waals surface area contributed by atoms with Gasteiger partial charge in [-0.25, -0.2) is 0 Å². The Morgan fingerprint density at radius 3 is 2.68 bits per heavy atom. The van der Waals surface area contributed by atoms with Crippen molar-refractivity contribution in [2.24, 2.45) is 0 Å². The quantitative estimate of drug-likeness (QED) is 0.775. The van der Waals surface area contributed by atoms with Gasteiger partial charge in [-0.15, -0.1) is 11.8 Å². The SMILES string of the molecule is Cc1ccccc1SCC(=O)NCC(=O)NC1CC1. The van der Waals surface area contributed by atoms with E-state index in [1.807, 2.05) is 31.2 Å². The molecule has 0 unspecified atom stereocenters. The van der Waals surface area contributed by atoms with Crippen LogP contribution < -0.4 is 10.6 Å². The van der Waals surface area contributed by atoms with Gasteiger partial charge in [-0.2, -0.15) is 0 Å². The van der Waals surface area contributed by atoms with E-state index in [0.29, 0.717) is 11.8 Å². The Kier molecular flexibility index (Phi) is 4.85. The molecular formula is C14H18N2O2S. The second kappa shape index (κ2) is 6.61. The van der Waals surface area contributed by atoms with Gasteiger partial charge < -0.3 is 10.6 Å². The minimum Gasteiger partial charge on any atom is -0.352 e. The van der Waals surface area contributed by atoms with Crippen LogP contribution in [0, 0.1) is 6.92 Å². The number of amides is 2. The van der Waals surface area contributed by atoms with Crippen molar-refractivity contribution in [2.75, 3.05) is 12.3 Å². The molecule has 1 aromatic carbocycles.